The lowest BCUT2D eigenvalue weighted by molar-refractivity contribution is 0.668. The summed E-state index contributed by atoms with van der Waals surface area (Å²) < 4.78 is 15.5. The first-order valence-corrected chi connectivity index (χ1v) is 23.7. The molecule has 3 heterocycles. The molecule has 3 heteroatoms. The quantitative estimate of drug-likeness (QED) is 0.165. The normalized spacial score (nSPS) is 12.2. The van der Waals surface area contributed by atoms with Gasteiger partial charge in [-0.25, -0.2) is 0 Å². The molecular formula is C64H36O2S. The molecule has 0 unspecified atom stereocenters. The Hall–Kier alpha value is -8.50. The van der Waals surface area contributed by atoms with Gasteiger partial charge in [-0.1, -0.05) is 188 Å². The molecule has 15 aromatic rings. The molecule has 67 heavy (non-hydrogen) atoms. The van der Waals surface area contributed by atoms with Crippen LogP contribution in [-0.2, 0) is 0 Å². The number of thiophene rings is 1. The maximum Gasteiger partial charge on any atom is 0.136 e. The summed E-state index contributed by atoms with van der Waals surface area (Å²) in [4.78, 5) is 0. The molecule has 0 saturated heterocycles. The van der Waals surface area contributed by atoms with E-state index in [9.17, 15) is 0 Å². The number of hydrogen-bond acceptors (Lipinski definition) is 3. The number of para-hydroxylation sites is 2. The molecule has 310 valence electrons. The Morgan fingerprint density at radius 3 is 0.955 bits per heavy atom. The van der Waals surface area contributed by atoms with Crippen molar-refractivity contribution in [2.45, 2.75) is 0 Å². The summed E-state index contributed by atoms with van der Waals surface area (Å²) in [6.07, 6.45) is 0. The third kappa shape index (κ3) is 5.15. The molecule has 0 amide bonds. The van der Waals surface area contributed by atoms with E-state index >= 15 is 0 Å². The predicted molar refractivity (Wildman–Crippen MR) is 286 cm³/mol. The smallest absolute Gasteiger partial charge is 0.136 e. The number of fused-ring (bicyclic) bond motifs is 13. The lowest BCUT2D eigenvalue weighted by Gasteiger charge is -2.19. The zero-order valence-corrected chi connectivity index (χ0v) is 36.8. The Balaban J connectivity index is 1.01. The fourth-order valence-electron chi connectivity index (χ4n) is 11.6. The van der Waals surface area contributed by atoms with Gasteiger partial charge in [-0.15, -0.1) is 11.3 Å². The SMILES string of the molecule is c1ccc2c(c1)oc1cccc(-c3c4ccccc4c(-c4cccc5c4sc4cccc(-c6c7ccccc7c(-c7cccc8oc9ccccc9c78)c7ccccc67)c45)c4ccccc34)c12. The Kier molecular flexibility index (Phi) is 7.69. The first-order valence-electron chi connectivity index (χ1n) is 22.9. The van der Waals surface area contributed by atoms with Crippen LogP contribution in [0.3, 0.4) is 0 Å². The lowest BCUT2D eigenvalue weighted by atomic mass is 9.83. The van der Waals surface area contributed by atoms with Crippen molar-refractivity contribution in [3.8, 4) is 44.5 Å². The molecule has 0 aliphatic heterocycles. The first kappa shape index (κ1) is 36.8. The largest absolute Gasteiger partial charge is 0.456 e. The van der Waals surface area contributed by atoms with Gasteiger partial charge in [0, 0.05) is 47.3 Å². The number of benzene rings is 12. The van der Waals surface area contributed by atoms with Crippen molar-refractivity contribution in [2.75, 3.05) is 0 Å². The summed E-state index contributed by atoms with van der Waals surface area (Å²) in [7, 11) is 0. The van der Waals surface area contributed by atoms with Crippen LogP contribution in [0.5, 0.6) is 0 Å². The van der Waals surface area contributed by atoms with Crippen LogP contribution in [0.2, 0.25) is 0 Å². The second kappa shape index (κ2) is 14.0. The second-order valence-corrected chi connectivity index (χ2v) is 18.8. The summed E-state index contributed by atoms with van der Waals surface area (Å²) in [6.45, 7) is 0. The highest BCUT2D eigenvalue weighted by Gasteiger charge is 2.25. The number of rotatable bonds is 4. The van der Waals surface area contributed by atoms with Crippen LogP contribution in [0.15, 0.2) is 227 Å². The van der Waals surface area contributed by atoms with Crippen molar-refractivity contribution >= 4 is 118 Å². The zero-order valence-electron chi connectivity index (χ0n) is 36.0. The van der Waals surface area contributed by atoms with Gasteiger partial charge in [0.25, 0.3) is 0 Å². The average Bonchev–Trinajstić information content (AvgIpc) is 4.09. The highest BCUT2D eigenvalue weighted by molar-refractivity contribution is 7.26. The Labute approximate surface area is 388 Å². The summed E-state index contributed by atoms with van der Waals surface area (Å²) in [5.41, 5.74) is 13.5. The van der Waals surface area contributed by atoms with Crippen molar-refractivity contribution in [1.29, 1.82) is 0 Å². The van der Waals surface area contributed by atoms with Crippen LogP contribution in [0.1, 0.15) is 0 Å². The molecule has 12 aromatic carbocycles. The van der Waals surface area contributed by atoms with Gasteiger partial charge in [0.05, 0.1) is 0 Å². The van der Waals surface area contributed by atoms with Gasteiger partial charge in [-0.3, -0.25) is 0 Å². The fraction of sp³-hybridized carbons (Fsp3) is 0. The van der Waals surface area contributed by atoms with Crippen molar-refractivity contribution in [1.82, 2.24) is 0 Å². The van der Waals surface area contributed by atoms with Crippen LogP contribution < -0.4 is 0 Å². The third-order valence-electron chi connectivity index (χ3n) is 14.3. The Morgan fingerprint density at radius 1 is 0.224 bits per heavy atom. The Morgan fingerprint density at radius 2 is 0.522 bits per heavy atom. The predicted octanol–water partition coefficient (Wildman–Crippen LogP) is 19.1. The molecule has 0 spiro atoms. The molecule has 0 atom stereocenters. The molecule has 0 bridgehead atoms. The molecule has 0 saturated carbocycles. The summed E-state index contributed by atoms with van der Waals surface area (Å²) in [5, 5.41) is 17.0. The molecule has 2 nitrogen and oxygen atoms in total. The zero-order chi connectivity index (χ0) is 43.7. The van der Waals surface area contributed by atoms with Gasteiger partial charge in [0.1, 0.15) is 22.3 Å². The molecule has 15 rings (SSSR count). The maximum absolute atomic E-state index is 6.45. The molecule has 0 aliphatic carbocycles. The van der Waals surface area contributed by atoms with Crippen LogP contribution >= 0.6 is 11.3 Å². The molecule has 0 N–H and O–H groups in total. The van der Waals surface area contributed by atoms with Crippen LogP contribution in [0.4, 0.5) is 0 Å². The van der Waals surface area contributed by atoms with Gasteiger partial charge < -0.3 is 8.83 Å². The number of furan rings is 2. The minimum Gasteiger partial charge on any atom is -0.456 e. The third-order valence-corrected chi connectivity index (χ3v) is 15.5. The fourth-order valence-corrected chi connectivity index (χ4v) is 12.9. The van der Waals surface area contributed by atoms with Crippen LogP contribution in [0.25, 0.3) is 152 Å². The topological polar surface area (TPSA) is 26.3 Å². The highest BCUT2D eigenvalue weighted by Crippen LogP contribution is 2.53. The average molecular weight is 869 g/mol. The van der Waals surface area contributed by atoms with E-state index in [4.69, 9.17) is 8.83 Å². The van der Waals surface area contributed by atoms with Crippen LogP contribution in [-0.4, -0.2) is 0 Å². The Bertz CT molecular complexity index is 4470. The van der Waals surface area contributed by atoms with Gasteiger partial charge >= 0.3 is 0 Å². The van der Waals surface area contributed by atoms with E-state index in [1.165, 1.54) is 108 Å². The van der Waals surface area contributed by atoms with Gasteiger partial charge in [-0.2, -0.15) is 0 Å². The monoisotopic (exact) mass is 868 g/mol. The highest BCUT2D eigenvalue weighted by atomic mass is 32.1. The van der Waals surface area contributed by atoms with Crippen molar-refractivity contribution in [3.63, 3.8) is 0 Å². The minimum atomic E-state index is 0.903. The van der Waals surface area contributed by atoms with E-state index < -0.39 is 0 Å². The van der Waals surface area contributed by atoms with Crippen molar-refractivity contribution in [3.05, 3.63) is 218 Å². The second-order valence-electron chi connectivity index (χ2n) is 17.7. The van der Waals surface area contributed by atoms with E-state index in [1.807, 2.05) is 23.5 Å². The standard InChI is InChI=1S/C64H36O2S/c1-3-19-39-37(17-1)57(47-27-14-34-54-61(47)45-25-9-11-32-52(45)65-54)38-18-2-4-20-40(38)59(39)49-29-16-36-56-63(49)51-31-13-30-50(64(51)67-56)60-43-23-7-5-21-41(43)58(42-22-6-8-24-44(42)60)48-28-15-35-55-62(48)46-26-10-12-33-53(46)66-55/h1-36H. The van der Waals surface area contributed by atoms with Gasteiger partial charge in [0.2, 0.25) is 0 Å². The lowest BCUT2D eigenvalue weighted by Crippen LogP contribution is -1.92. The summed E-state index contributed by atoms with van der Waals surface area (Å²) >= 11 is 1.91. The van der Waals surface area contributed by atoms with Gasteiger partial charge in [0.15, 0.2) is 0 Å². The number of hydrogen-bond donors (Lipinski definition) is 0. The summed E-state index contributed by atoms with van der Waals surface area (Å²) in [6, 6.07) is 79.7. The van der Waals surface area contributed by atoms with Gasteiger partial charge in [-0.05, 0) is 112 Å². The van der Waals surface area contributed by atoms with E-state index in [0.29, 0.717) is 0 Å². The van der Waals surface area contributed by atoms with E-state index in [0.717, 1.165) is 43.9 Å². The summed E-state index contributed by atoms with van der Waals surface area (Å²) in [5.74, 6) is 0. The molecular weight excluding hydrogens is 833 g/mol. The maximum atomic E-state index is 6.45. The van der Waals surface area contributed by atoms with Crippen molar-refractivity contribution in [2.24, 2.45) is 0 Å². The minimum absolute atomic E-state index is 0.903. The molecule has 0 radical (unpaired) electrons. The van der Waals surface area contributed by atoms with E-state index in [2.05, 4.69) is 206 Å². The van der Waals surface area contributed by atoms with Crippen LogP contribution in [0, 0.1) is 0 Å². The molecule has 3 aromatic heterocycles. The molecule has 0 fully saturated rings. The van der Waals surface area contributed by atoms with E-state index in [-0.39, 0.29) is 0 Å². The van der Waals surface area contributed by atoms with Crippen molar-refractivity contribution < 1.29 is 8.83 Å². The molecule has 0 aliphatic rings. The van der Waals surface area contributed by atoms with E-state index in [1.54, 1.807) is 0 Å². The first-order chi connectivity index (χ1) is 33.3.